The number of imidazole rings is 1. The number of rotatable bonds is 6. The van der Waals surface area contributed by atoms with Crippen molar-refractivity contribution in [3.05, 3.63) is 78.4 Å². The largest absolute Gasteiger partial charge is 0.369 e. The quantitative estimate of drug-likeness (QED) is 0.216. The van der Waals surface area contributed by atoms with Crippen molar-refractivity contribution >= 4 is 33.2 Å². The lowest BCUT2D eigenvalue weighted by Crippen LogP contribution is -2.44. The highest BCUT2D eigenvalue weighted by molar-refractivity contribution is 8.45. The molecule has 15 heteroatoms. The first-order valence-electron chi connectivity index (χ1n) is 13.0. The van der Waals surface area contributed by atoms with Crippen LogP contribution in [0.4, 0.5) is 30.8 Å². The first-order valence-corrected chi connectivity index (χ1v) is 14.9. The lowest BCUT2D eigenvalue weighted by Gasteiger charge is -2.42. The number of halogens is 5. The Bertz CT molecular complexity index is 1810. The van der Waals surface area contributed by atoms with Crippen molar-refractivity contribution in [1.29, 1.82) is 0 Å². The summed E-state index contributed by atoms with van der Waals surface area (Å²) in [5.41, 5.74) is 3.42. The predicted octanol–water partition coefficient (Wildman–Crippen LogP) is 6.49. The topological polar surface area (TPSA) is 86.5 Å². The molecule has 0 bridgehead atoms. The van der Waals surface area contributed by atoms with Crippen molar-refractivity contribution in [3.63, 3.8) is 0 Å². The Hall–Kier alpha value is -4.37. The van der Waals surface area contributed by atoms with Gasteiger partial charge in [0.25, 0.3) is 5.91 Å². The minimum absolute atomic E-state index is 0.0764. The molecule has 4 heterocycles. The lowest BCUT2D eigenvalue weighted by molar-refractivity contribution is 0.102. The fourth-order valence-electron chi connectivity index (χ4n) is 4.95. The van der Waals surface area contributed by atoms with Crippen LogP contribution >= 0.6 is 10.2 Å². The summed E-state index contributed by atoms with van der Waals surface area (Å²) in [5, 5.41) is 13.8. The summed E-state index contributed by atoms with van der Waals surface area (Å²) in [6.07, 6.45) is 6.91. The number of aromatic nitrogens is 5. The van der Waals surface area contributed by atoms with Crippen LogP contribution in [-0.2, 0) is 0 Å². The van der Waals surface area contributed by atoms with Gasteiger partial charge in [-0.05, 0) is 49.9 Å². The number of nitrogens with one attached hydrogen (secondary N) is 2. The molecule has 1 aliphatic heterocycles. The van der Waals surface area contributed by atoms with Crippen molar-refractivity contribution in [2.75, 3.05) is 43.4 Å². The van der Waals surface area contributed by atoms with Gasteiger partial charge in [0.15, 0.2) is 0 Å². The molecule has 2 N–H and O–H groups in total. The number of benzene rings is 2. The van der Waals surface area contributed by atoms with E-state index in [2.05, 4.69) is 20.6 Å². The first kappa shape index (κ1) is 27.8. The van der Waals surface area contributed by atoms with Gasteiger partial charge in [-0.25, -0.2) is 4.52 Å². The predicted molar refractivity (Wildman–Crippen MR) is 152 cm³/mol. The Labute approximate surface area is 237 Å². The lowest BCUT2D eigenvalue weighted by atomic mass is 10.1. The van der Waals surface area contributed by atoms with Crippen LogP contribution in [0.1, 0.15) is 15.9 Å². The van der Waals surface area contributed by atoms with Crippen molar-refractivity contribution < 1.29 is 24.2 Å². The van der Waals surface area contributed by atoms with Crippen LogP contribution in [0.5, 0.6) is 0 Å². The first-order chi connectivity index (χ1) is 19.6. The Morgan fingerprint density at radius 2 is 1.74 bits per heavy atom. The third kappa shape index (κ3) is 5.44. The monoisotopic (exact) mass is 606 g/mol. The smallest absolute Gasteiger partial charge is 0.310 e. The molecule has 1 aliphatic rings. The van der Waals surface area contributed by atoms with Crippen LogP contribution in [-0.4, -0.2) is 68.4 Å². The van der Waals surface area contributed by atoms with E-state index in [1.807, 2.05) is 29.5 Å². The fourth-order valence-corrected chi connectivity index (χ4v) is 5.64. The van der Waals surface area contributed by atoms with E-state index in [0.29, 0.717) is 43.6 Å². The van der Waals surface area contributed by atoms with E-state index in [0.717, 1.165) is 16.8 Å². The Kier molecular flexibility index (Phi) is 6.00. The number of piperazine rings is 1. The van der Waals surface area contributed by atoms with Gasteiger partial charge < -0.3 is 15.1 Å². The number of nitrogens with zero attached hydrogens (tertiary/aromatic N) is 6. The summed E-state index contributed by atoms with van der Waals surface area (Å²) in [6.45, 7) is 3.63. The van der Waals surface area contributed by atoms with Crippen molar-refractivity contribution in [2.45, 2.75) is 11.8 Å². The minimum atomic E-state index is -10.1. The zero-order valence-electron chi connectivity index (χ0n) is 22.6. The van der Waals surface area contributed by atoms with Gasteiger partial charge in [-0.15, -0.1) is 0 Å². The third-order valence-corrected chi connectivity index (χ3v) is 8.43. The van der Waals surface area contributed by atoms with Gasteiger partial charge in [-0.3, -0.25) is 14.5 Å². The van der Waals surface area contributed by atoms with Crippen molar-refractivity contribution in [2.24, 2.45) is 0 Å². The maximum atomic E-state index is 13.9. The normalized spacial score (nSPS) is 16.4. The zero-order chi connectivity index (χ0) is 29.9. The van der Waals surface area contributed by atoms with Gasteiger partial charge in [0.2, 0.25) is 0 Å². The van der Waals surface area contributed by atoms with Crippen LogP contribution in [0.3, 0.4) is 0 Å². The summed E-state index contributed by atoms with van der Waals surface area (Å²) in [4.78, 5) is 14.7. The summed E-state index contributed by atoms with van der Waals surface area (Å²) in [7, 11) is -8.21. The molecule has 9 nitrogen and oxygen atoms in total. The van der Waals surface area contributed by atoms with E-state index >= 15 is 0 Å². The van der Waals surface area contributed by atoms with Crippen LogP contribution in [0.25, 0.3) is 22.6 Å². The summed E-state index contributed by atoms with van der Waals surface area (Å²) < 4.78 is 73.2. The maximum Gasteiger partial charge on any atom is 0.310 e. The summed E-state index contributed by atoms with van der Waals surface area (Å²) >= 11 is 0. The number of fused-ring (bicyclic) bond motifs is 1. The van der Waals surface area contributed by atoms with Crippen LogP contribution in [0.15, 0.2) is 72.1 Å². The van der Waals surface area contributed by atoms with E-state index in [4.69, 9.17) is 0 Å². The molecule has 3 aromatic heterocycles. The molecule has 0 spiro atoms. The van der Waals surface area contributed by atoms with Gasteiger partial charge in [0.05, 0.1) is 17.6 Å². The van der Waals surface area contributed by atoms with Crippen molar-refractivity contribution in [1.82, 2.24) is 29.3 Å². The fraction of sp³-hybridized carbons (Fsp3) is 0.222. The van der Waals surface area contributed by atoms with E-state index < -0.39 is 26.6 Å². The van der Waals surface area contributed by atoms with Gasteiger partial charge in [0, 0.05) is 73.3 Å². The molecule has 1 saturated heterocycles. The number of H-pyrrole nitrogens is 1. The molecule has 1 amide bonds. The second-order valence-electron chi connectivity index (χ2n) is 10.4. The third-order valence-electron chi connectivity index (χ3n) is 7.31. The van der Waals surface area contributed by atoms with Gasteiger partial charge >= 0.3 is 10.2 Å². The second kappa shape index (κ2) is 9.06. The highest BCUT2D eigenvalue weighted by Gasteiger charge is 2.65. The zero-order valence-corrected chi connectivity index (χ0v) is 23.4. The molecular weight excluding hydrogens is 579 g/mol. The number of aryl methyl sites for hydroxylation is 1. The number of carbonyl (C=O) groups excluding carboxylic acids is 1. The SMILES string of the molecule is Cc1ccc(NC(=O)c2cc(N3CCN(C)CC3)cc(S(F)(F)(F)(F)F)c2)cc1-n1ccn2nc(-c3cn[nH]c3)cc12. The van der Waals surface area contributed by atoms with E-state index in [1.165, 1.54) is 6.07 Å². The van der Waals surface area contributed by atoms with Gasteiger partial charge in [-0.2, -0.15) is 10.2 Å². The molecule has 1 fully saturated rings. The summed E-state index contributed by atoms with van der Waals surface area (Å²) in [5.74, 6) is -0.937. The number of carbonyl (C=O) groups is 1. The molecule has 5 aromatic rings. The number of hydrogen-bond donors (Lipinski definition) is 2. The molecule has 0 atom stereocenters. The molecule has 222 valence electrons. The Morgan fingerprint density at radius 3 is 2.43 bits per heavy atom. The highest BCUT2D eigenvalue weighted by atomic mass is 32.5. The Morgan fingerprint density at radius 1 is 0.976 bits per heavy atom. The van der Waals surface area contributed by atoms with Crippen LogP contribution < -0.4 is 10.2 Å². The number of amides is 1. The molecule has 0 saturated carbocycles. The molecule has 2 aromatic carbocycles. The highest BCUT2D eigenvalue weighted by Crippen LogP contribution is 3.02. The maximum absolute atomic E-state index is 13.9. The number of hydrogen-bond acceptors (Lipinski definition) is 5. The van der Waals surface area contributed by atoms with E-state index in [-0.39, 0.29) is 17.4 Å². The van der Waals surface area contributed by atoms with E-state index in [1.54, 1.807) is 52.4 Å². The molecule has 42 heavy (non-hydrogen) atoms. The number of aromatic amines is 1. The Balaban J connectivity index is 1.34. The number of anilines is 2. The standard InChI is InChI=1S/C27H27F5N8OS/c1-18-3-4-21(13-25(18)39-9-10-40-26(39)15-24(36-40)20-16-33-34-17-20)35-27(41)19-11-22(38-7-5-37(2)6-8-38)14-23(12-19)42(28,29,30,31)32/h3-4,9-17H,5-8H2,1-2H3,(H,33,34)(H,35,41). The van der Waals surface area contributed by atoms with E-state index in [9.17, 15) is 24.2 Å². The van der Waals surface area contributed by atoms with Crippen LogP contribution in [0, 0.1) is 6.92 Å². The number of likely N-dealkylation sites (N-methyl/N-ethyl adjacent to an activating group) is 1. The van der Waals surface area contributed by atoms with Gasteiger partial charge in [0.1, 0.15) is 10.5 Å². The molecule has 0 radical (unpaired) electrons. The van der Waals surface area contributed by atoms with Crippen molar-refractivity contribution in [3.8, 4) is 16.9 Å². The molecule has 6 rings (SSSR count). The average Bonchev–Trinajstić information content (AvgIpc) is 3.67. The molecular formula is C27H27F5N8OS. The minimum Gasteiger partial charge on any atom is -0.369 e. The van der Waals surface area contributed by atoms with Gasteiger partial charge in [-0.1, -0.05) is 25.5 Å². The average molecular weight is 607 g/mol. The second-order valence-corrected chi connectivity index (χ2v) is 12.8. The summed E-state index contributed by atoms with van der Waals surface area (Å²) in [6, 6.07) is 8.76. The van der Waals surface area contributed by atoms with Crippen LogP contribution in [0.2, 0.25) is 0 Å². The molecule has 0 aliphatic carbocycles. The molecule has 0 unspecified atom stereocenters.